The number of rotatable bonds is 5. The number of halogens is 1. The van der Waals surface area contributed by atoms with E-state index in [1.807, 2.05) is 6.92 Å². The van der Waals surface area contributed by atoms with Gasteiger partial charge in [-0.1, -0.05) is 29.4 Å². The minimum atomic E-state index is -0.414. The molecule has 1 aromatic carbocycles. The van der Waals surface area contributed by atoms with Crippen LogP contribution in [0.5, 0.6) is 0 Å². The number of benzene rings is 1. The molecule has 2 heterocycles. The van der Waals surface area contributed by atoms with Crippen LogP contribution < -0.4 is 5.32 Å². The molecule has 0 aliphatic heterocycles. The van der Waals surface area contributed by atoms with Crippen molar-refractivity contribution in [3.05, 3.63) is 47.4 Å². The van der Waals surface area contributed by atoms with Gasteiger partial charge >= 0.3 is 0 Å². The number of thioether (sulfide) groups is 1. The molecule has 0 aliphatic carbocycles. The zero-order chi connectivity index (χ0) is 17.1. The predicted molar refractivity (Wildman–Crippen MR) is 92.1 cm³/mol. The second-order valence-corrected chi connectivity index (χ2v) is 6.75. The maximum Gasteiger partial charge on any atom is 0.277 e. The summed E-state index contributed by atoms with van der Waals surface area (Å²) in [6.07, 6.45) is 1.56. The van der Waals surface area contributed by atoms with Gasteiger partial charge in [-0.25, -0.2) is 0 Å². The summed E-state index contributed by atoms with van der Waals surface area (Å²) in [6, 6.07) is 8.73. The minimum Gasteiger partial charge on any atom is -0.469 e. The molecule has 0 bridgehead atoms. The van der Waals surface area contributed by atoms with Crippen molar-refractivity contribution in [2.45, 2.75) is 24.3 Å². The highest BCUT2D eigenvalue weighted by Gasteiger charge is 2.20. The number of nitrogens with zero attached hydrogens (tertiary/aromatic N) is 2. The van der Waals surface area contributed by atoms with Crippen LogP contribution in [-0.4, -0.2) is 21.4 Å². The molecule has 0 unspecified atom stereocenters. The molecule has 0 saturated heterocycles. The molecule has 0 fully saturated rings. The first-order chi connectivity index (χ1) is 11.5. The van der Waals surface area contributed by atoms with Crippen molar-refractivity contribution in [3.8, 4) is 11.5 Å². The van der Waals surface area contributed by atoms with Gasteiger partial charge in [-0.05, 0) is 38.1 Å². The number of aryl methyl sites for hydroxylation is 1. The van der Waals surface area contributed by atoms with Crippen molar-refractivity contribution in [1.29, 1.82) is 0 Å². The Morgan fingerprint density at radius 2 is 2.17 bits per heavy atom. The van der Waals surface area contributed by atoms with Gasteiger partial charge in [-0.15, -0.1) is 10.2 Å². The quantitative estimate of drug-likeness (QED) is 0.676. The van der Waals surface area contributed by atoms with Gasteiger partial charge in [0, 0.05) is 10.7 Å². The molecule has 1 amide bonds. The number of aromatic nitrogens is 2. The van der Waals surface area contributed by atoms with E-state index in [-0.39, 0.29) is 5.91 Å². The van der Waals surface area contributed by atoms with Gasteiger partial charge < -0.3 is 14.2 Å². The predicted octanol–water partition coefficient (Wildman–Crippen LogP) is 4.41. The van der Waals surface area contributed by atoms with E-state index in [0.717, 1.165) is 5.56 Å². The molecule has 1 atom stereocenters. The lowest BCUT2D eigenvalue weighted by molar-refractivity contribution is -0.115. The van der Waals surface area contributed by atoms with Gasteiger partial charge in [0.05, 0.1) is 17.1 Å². The van der Waals surface area contributed by atoms with Crippen LogP contribution in [0.25, 0.3) is 11.5 Å². The Balaban J connectivity index is 1.64. The van der Waals surface area contributed by atoms with Crippen molar-refractivity contribution in [1.82, 2.24) is 10.2 Å². The number of furan rings is 1. The summed E-state index contributed by atoms with van der Waals surface area (Å²) >= 11 is 7.09. The third-order valence-corrected chi connectivity index (χ3v) is 4.40. The minimum absolute atomic E-state index is 0.179. The normalized spacial score (nSPS) is 12.1. The Kier molecular flexibility index (Phi) is 4.92. The first-order valence-corrected chi connectivity index (χ1v) is 8.40. The fourth-order valence-corrected chi connectivity index (χ4v) is 2.86. The molecule has 8 heteroatoms. The molecule has 1 N–H and O–H groups in total. The maximum absolute atomic E-state index is 12.2. The van der Waals surface area contributed by atoms with Gasteiger partial charge in [0.1, 0.15) is 5.76 Å². The van der Waals surface area contributed by atoms with E-state index in [0.29, 0.717) is 27.6 Å². The second-order valence-electron chi connectivity index (χ2n) is 5.02. The topological polar surface area (TPSA) is 81.2 Å². The van der Waals surface area contributed by atoms with Crippen molar-refractivity contribution in [2.24, 2.45) is 0 Å². The highest BCUT2D eigenvalue weighted by molar-refractivity contribution is 8.00. The van der Waals surface area contributed by atoms with Crippen LogP contribution in [0.2, 0.25) is 5.02 Å². The fraction of sp³-hybridized carbons (Fsp3) is 0.188. The summed E-state index contributed by atoms with van der Waals surface area (Å²) in [6.45, 7) is 3.57. The van der Waals surface area contributed by atoms with Crippen LogP contribution in [0.3, 0.4) is 0 Å². The van der Waals surface area contributed by atoms with E-state index in [4.69, 9.17) is 20.4 Å². The lowest BCUT2D eigenvalue weighted by Gasteiger charge is -2.09. The molecule has 24 heavy (non-hydrogen) atoms. The molecule has 0 aliphatic rings. The van der Waals surface area contributed by atoms with E-state index in [1.54, 1.807) is 43.5 Å². The maximum atomic E-state index is 12.2. The second kappa shape index (κ2) is 7.11. The largest absolute Gasteiger partial charge is 0.469 e. The number of carbonyl (C=O) groups excluding carboxylic acids is 1. The lowest BCUT2D eigenvalue weighted by Crippen LogP contribution is -2.22. The van der Waals surface area contributed by atoms with Crippen LogP contribution in [0, 0.1) is 6.92 Å². The van der Waals surface area contributed by atoms with Crippen molar-refractivity contribution in [2.75, 3.05) is 5.32 Å². The monoisotopic (exact) mass is 363 g/mol. The number of nitrogens with one attached hydrogen (secondary N) is 1. The molecule has 3 aromatic rings. The van der Waals surface area contributed by atoms with E-state index in [9.17, 15) is 4.79 Å². The van der Waals surface area contributed by atoms with Gasteiger partial charge in [-0.3, -0.25) is 4.79 Å². The molecule has 6 nitrogen and oxygen atoms in total. The average Bonchev–Trinajstić information content (AvgIpc) is 3.16. The number of hydrogen-bond acceptors (Lipinski definition) is 6. The summed E-state index contributed by atoms with van der Waals surface area (Å²) in [7, 11) is 0. The Bertz CT molecular complexity index is 862. The van der Waals surface area contributed by atoms with E-state index < -0.39 is 5.25 Å². The molecule has 3 rings (SSSR count). The number of hydrogen-bond donors (Lipinski definition) is 1. The number of amides is 1. The van der Waals surface area contributed by atoms with Crippen LogP contribution in [0.1, 0.15) is 12.7 Å². The van der Waals surface area contributed by atoms with Crippen LogP contribution in [-0.2, 0) is 4.79 Å². The number of anilines is 1. The average molecular weight is 364 g/mol. The molecule has 0 radical (unpaired) electrons. The van der Waals surface area contributed by atoms with Crippen molar-refractivity contribution >= 4 is 35.0 Å². The summed E-state index contributed by atoms with van der Waals surface area (Å²) in [5, 5.41) is 11.2. The highest BCUT2D eigenvalue weighted by atomic mass is 35.5. The van der Waals surface area contributed by atoms with Crippen LogP contribution in [0.4, 0.5) is 5.69 Å². The van der Waals surface area contributed by atoms with E-state index in [1.165, 1.54) is 11.8 Å². The molecule has 0 spiro atoms. The first-order valence-electron chi connectivity index (χ1n) is 7.14. The molecular weight excluding hydrogens is 350 g/mol. The third-order valence-electron chi connectivity index (χ3n) is 3.23. The third kappa shape index (κ3) is 3.80. The smallest absolute Gasteiger partial charge is 0.277 e. The zero-order valence-corrected chi connectivity index (χ0v) is 14.5. The summed E-state index contributed by atoms with van der Waals surface area (Å²) in [5.74, 6) is 0.884. The molecule has 2 aromatic heterocycles. The van der Waals surface area contributed by atoms with Crippen molar-refractivity contribution < 1.29 is 13.6 Å². The highest BCUT2D eigenvalue weighted by Crippen LogP contribution is 2.28. The van der Waals surface area contributed by atoms with E-state index in [2.05, 4.69) is 15.5 Å². The molecular formula is C16H14ClN3O3S. The summed E-state index contributed by atoms with van der Waals surface area (Å²) in [5.41, 5.74) is 1.38. The Labute approximate surface area is 147 Å². The Hall–Kier alpha value is -2.25. The van der Waals surface area contributed by atoms with Crippen LogP contribution >= 0.6 is 23.4 Å². The van der Waals surface area contributed by atoms with E-state index >= 15 is 0 Å². The number of carbonyl (C=O) groups is 1. The van der Waals surface area contributed by atoms with Gasteiger partial charge in [-0.2, -0.15) is 0 Å². The van der Waals surface area contributed by atoms with Gasteiger partial charge in [0.2, 0.25) is 5.91 Å². The standard InChI is InChI=1S/C16H14ClN3O3S/c1-9-13(6-7-22-9)15-19-20-16(23-15)24-10(2)14(21)18-12-5-3-4-11(17)8-12/h3-8,10H,1-2H3,(H,18,21)/t10-/m1/s1. The van der Waals surface area contributed by atoms with Gasteiger partial charge in [0.25, 0.3) is 11.1 Å². The SMILES string of the molecule is Cc1occc1-c1nnc(S[C@H](C)C(=O)Nc2cccc(Cl)c2)o1. The van der Waals surface area contributed by atoms with Gasteiger partial charge in [0.15, 0.2) is 0 Å². The lowest BCUT2D eigenvalue weighted by atomic mass is 10.3. The Morgan fingerprint density at radius 1 is 1.33 bits per heavy atom. The van der Waals surface area contributed by atoms with Crippen molar-refractivity contribution in [3.63, 3.8) is 0 Å². The zero-order valence-electron chi connectivity index (χ0n) is 12.9. The van der Waals surface area contributed by atoms with Crippen LogP contribution in [0.15, 0.2) is 50.7 Å². The Morgan fingerprint density at radius 3 is 2.88 bits per heavy atom. The fourth-order valence-electron chi connectivity index (χ4n) is 1.99. The first kappa shape index (κ1) is 16.6. The summed E-state index contributed by atoms with van der Waals surface area (Å²) < 4.78 is 10.8. The summed E-state index contributed by atoms with van der Waals surface area (Å²) in [4.78, 5) is 12.2. The molecule has 124 valence electrons. The molecule has 0 saturated carbocycles.